The lowest BCUT2D eigenvalue weighted by atomic mass is 9.91. The fraction of sp³-hybridized carbons (Fsp3) is 0.625. The van der Waals surface area contributed by atoms with Gasteiger partial charge in [-0.05, 0) is 38.8 Å². The average molecular weight is 311 g/mol. The molecule has 0 bridgehead atoms. The van der Waals surface area contributed by atoms with Crippen LogP contribution in [0.25, 0.3) is 0 Å². The Morgan fingerprint density at radius 3 is 2.71 bits per heavy atom. The SMILES string of the molecule is CCNC(c1cc(C)ccc1OCC)C1CCS(=O)(=O)C1. The van der Waals surface area contributed by atoms with Crippen molar-refractivity contribution in [2.24, 2.45) is 5.92 Å². The van der Waals surface area contributed by atoms with Crippen LogP contribution in [0.4, 0.5) is 0 Å². The molecule has 0 spiro atoms. The molecule has 2 rings (SSSR count). The third kappa shape index (κ3) is 3.98. The first-order chi connectivity index (χ1) is 9.96. The summed E-state index contributed by atoms with van der Waals surface area (Å²) in [7, 11) is -2.88. The van der Waals surface area contributed by atoms with Crippen molar-refractivity contribution in [2.45, 2.75) is 33.2 Å². The molecule has 0 aliphatic carbocycles. The van der Waals surface area contributed by atoms with Crippen LogP contribution in [0.5, 0.6) is 5.75 Å². The Morgan fingerprint density at radius 2 is 2.14 bits per heavy atom. The van der Waals surface area contributed by atoms with Crippen LogP contribution in [0.15, 0.2) is 18.2 Å². The van der Waals surface area contributed by atoms with Crippen molar-refractivity contribution in [1.82, 2.24) is 5.32 Å². The standard InChI is InChI=1S/C16H25NO3S/c1-4-17-16(13-8-9-21(18,19)11-13)14-10-12(3)6-7-15(14)20-5-2/h6-7,10,13,16-17H,4-5,8-9,11H2,1-3H3. The summed E-state index contributed by atoms with van der Waals surface area (Å²) >= 11 is 0. The molecule has 0 amide bonds. The Morgan fingerprint density at radius 1 is 1.38 bits per heavy atom. The monoisotopic (exact) mass is 311 g/mol. The van der Waals surface area contributed by atoms with Crippen molar-refractivity contribution in [3.8, 4) is 5.75 Å². The van der Waals surface area contributed by atoms with E-state index in [1.807, 2.05) is 32.9 Å². The molecule has 1 saturated heterocycles. The van der Waals surface area contributed by atoms with Gasteiger partial charge >= 0.3 is 0 Å². The van der Waals surface area contributed by atoms with E-state index in [2.05, 4.69) is 11.4 Å². The first-order valence-electron chi connectivity index (χ1n) is 7.64. The molecule has 1 heterocycles. The molecule has 1 aliphatic heterocycles. The summed E-state index contributed by atoms with van der Waals surface area (Å²) in [5.74, 6) is 1.55. The minimum Gasteiger partial charge on any atom is -0.494 e. The van der Waals surface area contributed by atoms with Gasteiger partial charge in [0.1, 0.15) is 5.75 Å². The number of ether oxygens (including phenoxy) is 1. The third-order valence-corrected chi connectivity index (χ3v) is 5.76. The molecule has 1 fully saturated rings. The highest BCUT2D eigenvalue weighted by atomic mass is 32.2. The number of sulfone groups is 1. The quantitative estimate of drug-likeness (QED) is 0.877. The molecule has 0 radical (unpaired) electrons. The molecule has 0 aromatic heterocycles. The van der Waals surface area contributed by atoms with Gasteiger partial charge in [0.25, 0.3) is 0 Å². The zero-order valence-corrected chi connectivity index (χ0v) is 13.9. The van der Waals surface area contributed by atoms with Gasteiger partial charge in [-0.25, -0.2) is 8.42 Å². The van der Waals surface area contributed by atoms with Gasteiger partial charge in [-0.2, -0.15) is 0 Å². The van der Waals surface area contributed by atoms with Crippen LogP contribution < -0.4 is 10.1 Å². The van der Waals surface area contributed by atoms with Gasteiger partial charge in [0.15, 0.2) is 9.84 Å². The summed E-state index contributed by atoms with van der Waals surface area (Å²) in [4.78, 5) is 0. The minimum atomic E-state index is -2.88. The number of hydrogen-bond acceptors (Lipinski definition) is 4. The third-order valence-electron chi connectivity index (χ3n) is 3.96. The molecule has 4 nitrogen and oxygen atoms in total. The maximum Gasteiger partial charge on any atom is 0.150 e. The normalized spacial score (nSPS) is 22.1. The van der Waals surface area contributed by atoms with Crippen molar-refractivity contribution in [3.63, 3.8) is 0 Å². The second-order valence-electron chi connectivity index (χ2n) is 5.67. The van der Waals surface area contributed by atoms with Crippen molar-refractivity contribution >= 4 is 9.84 Å². The number of hydrogen-bond donors (Lipinski definition) is 1. The smallest absolute Gasteiger partial charge is 0.150 e. The lowest BCUT2D eigenvalue weighted by molar-refractivity contribution is 0.320. The molecule has 1 aromatic rings. The Labute approximate surface area is 127 Å². The molecule has 1 aromatic carbocycles. The summed E-state index contributed by atoms with van der Waals surface area (Å²) in [5.41, 5.74) is 2.25. The van der Waals surface area contributed by atoms with Crippen molar-refractivity contribution in [1.29, 1.82) is 0 Å². The van der Waals surface area contributed by atoms with Crippen LogP contribution in [0.3, 0.4) is 0 Å². The predicted molar refractivity (Wildman–Crippen MR) is 85.5 cm³/mol. The molecule has 21 heavy (non-hydrogen) atoms. The van der Waals surface area contributed by atoms with Crippen molar-refractivity contribution in [3.05, 3.63) is 29.3 Å². The second kappa shape index (κ2) is 6.79. The maximum atomic E-state index is 11.8. The summed E-state index contributed by atoms with van der Waals surface area (Å²) in [5, 5.41) is 3.46. The first-order valence-corrected chi connectivity index (χ1v) is 9.46. The molecule has 2 unspecified atom stereocenters. The van der Waals surface area contributed by atoms with Gasteiger partial charge in [0.05, 0.1) is 18.1 Å². The van der Waals surface area contributed by atoms with E-state index in [-0.39, 0.29) is 17.7 Å². The van der Waals surface area contributed by atoms with E-state index in [0.29, 0.717) is 12.4 Å². The molecule has 118 valence electrons. The van der Waals surface area contributed by atoms with Gasteiger partial charge in [0.2, 0.25) is 0 Å². The molecule has 0 saturated carbocycles. The van der Waals surface area contributed by atoms with Crippen LogP contribution in [-0.2, 0) is 9.84 Å². The molecular formula is C16H25NO3S. The summed E-state index contributed by atoms with van der Waals surface area (Å²) in [6.45, 7) is 7.48. The van der Waals surface area contributed by atoms with E-state index in [1.54, 1.807) is 0 Å². The van der Waals surface area contributed by atoms with Gasteiger partial charge in [0, 0.05) is 11.6 Å². The number of nitrogens with one attached hydrogen (secondary N) is 1. The highest BCUT2D eigenvalue weighted by molar-refractivity contribution is 7.91. The van der Waals surface area contributed by atoms with Gasteiger partial charge in [-0.3, -0.25) is 0 Å². The molecule has 5 heteroatoms. The topological polar surface area (TPSA) is 55.4 Å². The van der Waals surface area contributed by atoms with Crippen LogP contribution in [0.2, 0.25) is 0 Å². The van der Waals surface area contributed by atoms with Crippen molar-refractivity contribution in [2.75, 3.05) is 24.7 Å². The number of benzene rings is 1. The summed E-state index contributed by atoms with van der Waals surface area (Å²) < 4.78 is 29.3. The zero-order chi connectivity index (χ0) is 15.5. The van der Waals surface area contributed by atoms with Crippen molar-refractivity contribution < 1.29 is 13.2 Å². The fourth-order valence-corrected chi connectivity index (χ4v) is 4.87. The molecule has 2 atom stereocenters. The van der Waals surface area contributed by atoms with E-state index in [0.717, 1.165) is 29.8 Å². The Balaban J connectivity index is 2.35. The average Bonchev–Trinajstić information content (AvgIpc) is 2.78. The van der Waals surface area contributed by atoms with Gasteiger partial charge < -0.3 is 10.1 Å². The predicted octanol–water partition coefficient (Wildman–Crippen LogP) is 2.48. The largest absolute Gasteiger partial charge is 0.494 e. The van der Waals surface area contributed by atoms with E-state index < -0.39 is 9.84 Å². The maximum absolute atomic E-state index is 11.8. The Kier molecular flexibility index (Phi) is 5.27. The zero-order valence-electron chi connectivity index (χ0n) is 13.1. The van der Waals surface area contributed by atoms with Gasteiger partial charge in [-0.1, -0.05) is 24.6 Å². The van der Waals surface area contributed by atoms with Crippen LogP contribution in [0, 0.1) is 12.8 Å². The van der Waals surface area contributed by atoms with E-state index >= 15 is 0 Å². The van der Waals surface area contributed by atoms with Crippen LogP contribution in [-0.4, -0.2) is 33.1 Å². The van der Waals surface area contributed by atoms with Crippen LogP contribution >= 0.6 is 0 Å². The lowest BCUT2D eigenvalue weighted by Gasteiger charge is -2.26. The number of aryl methyl sites for hydroxylation is 1. The molecule has 1 aliphatic rings. The molecule has 1 N–H and O–H groups in total. The Hall–Kier alpha value is -1.07. The lowest BCUT2D eigenvalue weighted by Crippen LogP contribution is -2.29. The van der Waals surface area contributed by atoms with Gasteiger partial charge in [-0.15, -0.1) is 0 Å². The first kappa shape index (κ1) is 16.3. The minimum absolute atomic E-state index is 0.0359. The summed E-state index contributed by atoms with van der Waals surface area (Å²) in [6.07, 6.45) is 0.722. The summed E-state index contributed by atoms with van der Waals surface area (Å²) in [6, 6.07) is 6.17. The van der Waals surface area contributed by atoms with E-state index in [4.69, 9.17) is 4.74 Å². The second-order valence-corrected chi connectivity index (χ2v) is 7.90. The highest BCUT2D eigenvalue weighted by Gasteiger charge is 2.35. The number of rotatable bonds is 6. The van der Waals surface area contributed by atoms with Crippen LogP contribution in [0.1, 0.15) is 37.4 Å². The fourth-order valence-electron chi connectivity index (χ4n) is 3.04. The Bertz CT molecular complexity index is 583. The van der Waals surface area contributed by atoms with E-state index in [9.17, 15) is 8.42 Å². The van der Waals surface area contributed by atoms with E-state index in [1.165, 1.54) is 0 Å². The molecular weight excluding hydrogens is 286 g/mol. The highest BCUT2D eigenvalue weighted by Crippen LogP contribution is 2.36.